The minimum atomic E-state index is 1.10. The summed E-state index contributed by atoms with van der Waals surface area (Å²) in [6.07, 6.45) is 0. The monoisotopic (exact) mass is 718 g/mol. The van der Waals surface area contributed by atoms with Gasteiger partial charge in [0.1, 0.15) is 0 Å². The van der Waals surface area contributed by atoms with Crippen molar-refractivity contribution < 1.29 is 0 Å². The number of thiophene rings is 1. The van der Waals surface area contributed by atoms with E-state index >= 15 is 0 Å². The molecule has 11 rings (SSSR count). The molecule has 3 heteroatoms. The molecule has 2 aromatic heterocycles. The molecule has 0 aliphatic carbocycles. The molecule has 9 aromatic carbocycles. The van der Waals surface area contributed by atoms with E-state index in [1.165, 1.54) is 75.0 Å². The molecule has 0 radical (unpaired) electrons. The van der Waals surface area contributed by atoms with E-state index in [0.717, 1.165) is 22.7 Å². The minimum Gasteiger partial charge on any atom is -0.310 e. The summed E-state index contributed by atoms with van der Waals surface area (Å²) >= 11 is 1.86. The van der Waals surface area contributed by atoms with Gasteiger partial charge < -0.3 is 9.47 Å². The fourth-order valence-corrected chi connectivity index (χ4v) is 9.46. The van der Waals surface area contributed by atoms with Gasteiger partial charge in [-0.05, 0) is 106 Å². The van der Waals surface area contributed by atoms with Gasteiger partial charge in [-0.25, -0.2) is 0 Å². The Kier molecular flexibility index (Phi) is 7.39. The second kappa shape index (κ2) is 12.9. The van der Waals surface area contributed by atoms with Crippen LogP contribution in [0.25, 0.3) is 80.7 Å². The van der Waals surface area contributed by atoms with E-state index in [4.69, 9.17) is 0 Å². The van der Waals surface area contributed by atoms with Gasteiger partial charge in [0.15, 0.2) is 0 Å². The third-order valence-corrected chi connectivity index (χ3v) is 12.1. The maximum atomic E-state index is 2.39. The lowest BCUT2D eigenvalue weighted by molar-refractivity contribution is 1.18. The maximum absolute atomic E-state index is 2.39. The molecule has 0 saturated carbocycles. The summed E-state index contributed by atoms with van der Waals surface area (Å²) in [6.45, 7) is 0. The lowest BCUT2D eigenvalue weighted by Crippen LogP contribution is -2.10. The average Bonchev–Trinajstić information content (AvgIpc) is 3.79. The molecular weight excluding hydrogens is 685 g/mol. The molecule has 11 aromatic rings. The van der Waals surface area contributed by atoms with Crippen LogP contribution in [-0.2, 0) is 0 Å². The second-order valence-corrected chi connectivity index (χ2v) is 15.2. The molecule has 0 aliphatic rings. The predicted molar refractivity (Wildman–Crippen MR) is 237 cm³/mol. The first-order chi connectivity index (χ1) is 27.3. The fourth-order valence-electron chi connectivity index (χ4n) is 8.38. The van der Waals surface area contributed by atoms with Crippen LogP contribution in [0.15, 0.2) is 206 Å². The summed E-state index contributed by atoms with van der Waals surface area (Å²) in [7, 11) is 0. The van der Waals surface area contributed by atoms with Crippen molar-refractivity contribution in [1.29, 1.82) is 0 Å². The number of hydrogen-bond donors (Lipinski definition) is 0. The van der Waals surface area contributed by atoms with Gasteiger partial charge in [-0.15, -0.1) is 11.3 Å². The van der Waals surface area contributed by atoms with Crippen molar-refractivity contribution in [1.82, 2.24) is 4.57 Å². The summed E-state index contributed by atoms with van der Waals surface area (Å²) in [5, 5.41) is 7.64. The Morgan fingerprint density at radius 1 is 0.345 bits per heavy atom. The van der Waals surface area contributed by atoms with Crippen LogP contribution in [0.2, 0.25) is 0 Å². The molecule has 0 N–H and O–H groups in total. The van der Waals surface area contributed by atoms with Gasteiger partial charge in [-0.3, -0.25) is 0 Å². The molecule has 2 heterocycles. The van der Waals surface area contributed by atoms with E-state index < -0.39 is 0 Å². The standard InChI is InChI=1S/C52H34N2S/c1-2-13-39(14-3-1)54-49-19-8-6-16-45(49)46-31-30-42(34-50(46)54)53(41-28-23-37(24-29-41)44-18-10-12-36-11-4-5-15-43(36)44)40-26-21-35(22-27-40)38-25-32-52-48(33-38)47-17-7-9-20-51(47)55-52/h1-34H. The minimum absolute atomic E-state index is 1.10. The van der Waals surface area contributed by atoms with Gasteiger partial charge in [0.25, 0.3) is 0 Å². The summed E-state index contributed by atoms with van der Waals surface area (Å²) in [5.41, 5.74) is 11.7. The highest BCUT2D eigenvalue weighted by molar-refractivity contribution is 7.25. The quantitative estimate of drug-likeness (QED) is 0.166. The van der Waals surface area contributed by atoms with Crippen LogP contribution in [0.1, 0.15) is 0 Å². The lowest BCUT2D eigenvalue weighted by Gasteiger charge is -2.26. The molecule has 0 unspecified atom stereocenters. The lowest BCUT2D eigenvalue weighted by atomic mass is 9.98. The summed E-state index contributed by atoms with van der Waals surface area (Å²) in [4.78, 5) is 2.39. The molecule has 0 saturated heterocycles. The van der Waals surface area contributed by atoms with Crippen molar-refractivity contribution in [2.24, 2.45) is 0 Å². The Labute approximate surface area is 323 Å². The van der Waals surface area contributed by atoms with Gasteiger partial charge in [-0.2, -0.15) is 0 Å². The van der Waals surface area contributed by atoms with Crippen molar-refractivity contribution >= 4 is 81.1 Å². The van der Waals surface area contributed by atoms with E-state index in [1.807, 2.05) is 11.3 Å². The van der Waals surface area contributed by atoms with E-state index in [9.17, 15) is 0 Å². The van der Waals surface area contributed by atoms with Gasteiger partial charge in [-0.1, -0.05) is 133 Å². The van der Waals surface area contributed by atoms with E-state index in [-0.39, 0.29) is 0 Å². The third kappa shape index (κ3) is 5.32. The summed E-state index contributed by atoms with van der Waals surface area (Å²) in [6, 6.07) is 75.2. The highest BCUT2D eigenvalue weighted by Gasteiger charge is 2.18. The number of fused-ring (bicyclic) bond motifs is 7. The number of benzene rings is 9. The third-order valence-electron chi connectivity index (χ3n) is 11.0. The fraction of sp³-hybridized carbons (Fsp3) is 0. The number of nitrogens with zero attached hydrogens (tertiary/aromatic N) is 2. The van der Waals surface area contributed by atoms with Crippen molar-refractivity contribution in [2.75, 3.05) is 4.90 Å². The predicted octanol–water partition coefficient (Wildman–Crippen LogP) is 15.1. The zero-order chi connectivity index (χ0) is 36.3. The SMILES string of the molecule is c1ccc(-n2c3ccccc3c3ccc(N(c4ccc(-c5ccc6sc7ccccc7c6c5)cc4)c4ccc(-c5cccc6ccccc56)cc4)cc32)cc1. The molecule has 0 atom stereocenters. The first-order valence-corrected chi connectivity index (χ1v) is 19.6. The topological polar surface area (TPSA) is 8.17 Å². The Balaban J connectivity index is 1.06. The molecule has 2 nitrogen and oxygen atoms in total. The van der Waals surface area contributed by atoms with Crippen molar-refractivity contribution in [3.8, 4) is 27.9 Å². The zero-order valence-electron chi connectivity index (χ0n) is 29.9. The highest BCUT2D eigenvalue weighted by atomic mass is 32.1. The van der Waals surface area contributed by atoms with E-state index in [1.54, 1.807) is 0 Å². The summed E-state index contributed by atoms with van der Waals surface area (Å²) in [5.74, 6) is 0. The Morgan fingerprint density at radius 3 is 1.76 bits per heavy atom. The van der Waals surface area contributed by atoms with Crippen molar-refractivity contribution in [2.45, 2.75) is 0 Å². The van der Waals surface area contributed by atoms with Crippen LogP contribution in [0.5, 0.6) is 0 Å². The Bertz CT molecular complexity index is 3180. The van der Waals surface area contributed by atoms with Gasteiger partial charge >= 0.3 is 0 Å². The van der Waals surface area contributed by atoms with E-state index in [2.05, 4.69) is 216 Å². The van der Waals surface area contributed by atoms with Crippen LogP contribution in [-0.4, -0.2) is 4.57 Å². The first kappa shape index (κ1) is 31.6. The molecule has 55 heavy (non-hydrogen) atoms. The van der Waals surface area contributed by atoms with Crippen LogP contribution < -0.4 is 4.90 Å². The van der Waals surface area contributed by atoms with Gasteiger partial charge in [0, 0.05) is 53.7 Å². The molecule has 0 aliphatic heterocycles. The number of hydrogen-bond acceptors (Lipinski definition) is 2. The van der Waals surface area contributed by atoms with Crippen molar-refractivity contribution in [3.63, 3.8) is 0 Å². The van der Waals surface area contributed by atoms with Gasteiger partial charge in [0.05, 0.1) is 11.0 Å². The Hall–Kier alpha value is -6.94. The first-order valence-electron chi connectivity index (χ1n) is 18.8. The normalized spacial score (nSPS) is 11.6. The van der Waals surface area contributed by atoms with E-state index in [0.29, 0.717) is 0 Å². The summed E-state index contributed by atoms with van der Waals surface area (Å²) < 4.78 is 5.04. The smallest absolute Gasteiger partial charge is 0.0561 e. The molecular formula is C52H34N2S. The van der Waals surface area contributed by atoms with Crippen LogP contribution in [0.4, 0.5) is 17.1 Å². The Morgan fingerprint density at radius 2 is 0.945 bits per heavy atom. The zero-order valence-corrected chi connectivity index (χ0v) is 30.7. The molecule has 0 bridgehead atoms. The largest absolute Gasteiger partial charge is 0.310 e. The van der Waals surface area contributed by atoms with Crippen LogP contribution >= 0.6 is 11.3 Å². The molecule has 0 amide bonds. The number of rotatable bonds is 6. The van der Waals surface area contributed by atoms with Gasteiger partial charge in [0.2, 0.25) is 0 Å². The maximum Gasteiger partial charge on any atom is 0.0561 e. The van der Waals surface area contributed by atoms with Crippen molar-refractivity contribution in [3.05, 3.63) is 206 Å². The van der Waals surface area contributed by atoms with Crippen LogP contribution in [0.3, 0.4) is 0 Å². The molecule has 258 valence electrons. The highest BCUT2D eigenvalue weighted by Crippen LogP contribution is 2.42. The number of aromatic nitrogens is 1. The number of para-hydroxylation sites is 2. The number of anilines is 3. The average molecular weight is 719 g/mol. The second-order valence-electron chi connectivity index (χ2n) is 14.2. The van der Waals surface area contributed by atoms with Crippen LogP contribution in [0, 0.1) is 0 Å². The molecule has 0 fully saturated rings. The molecule has 0 spiro atoms.